The molecule has 0 bridgehead atoms. The maximum Gasteiger partial charge on any atom is 0.244 e. The summed E-state index contributed by atoms with van der Waals surface area (Å²) >= 11 is 0. The summed E-state index contributed by atoms with van der Waals surface area (Å²) in [4.78, 5) is 30.9. The molecule has 27 heavy (non-hydrogen) atoms. The van der Waals surface area contributed by atoms with E-state index in [1.165, 1.54) is 0 Å². The monoisotopic (exact) mass is 370 g/mol. The lowest BCUT2D eigenvalue weighted by Crippen LogP contribution is -2.49. The summed E-state index contributed by atoms with van der Waals surface area (Å²) in [5, 5.41) is 8.98. The number of nitrogens with zero attached hydrogens (tertiary/aromatic N) is 4. The van der Waals surface area contributed by atoms with Crippen molar-refractivity contribution in [2.75, 3.05) is 37.6 Å². The Hall–Kier alpha value is -2.39. The van der Waals surface area contributed by atoms with Crippen LogP contribution >= 0.6 is 0 Å². The summed E-state index contributed by atoms with van der Waals surface area (Å²) in [6, 6.07) is 9.67. The van der Waals surface area contributed by atoms with Crippen molar-refractivity contribution in [1.29, 1.82) is 5.26 Å². The van der Waals surface area contributed by atoms with E-state index in [9.17, 15) is 9.59 Å². The van der Waals surface area contributed by atoms with E-state index >= 15 is 0 Å². The minimum absolute atomic E-state index is 0.00405. The van der Waals surface area contributed by atoms with Gasteiger partial charge in [-0.1, -0.05) is 24.6 Å². The van der Waals surface area contributed by atoms with E-state index in [4.69, 9.17) is 5.26 Å². The summed E-state index contributed by atoms with van der Waals surface area (Å²) in [5.41, 5.74) is 1.96. The van der Waals surface area contributed by atoms with Crippen molar-refractivity contribution in [3.8, 4) is 6.07 Å². The molecule has 2 rings (SSSR count). The van der Waals surface area contributed by atoms with Crippen LogP contribution in [0.4, 0.5) is 5.69 Å². The van der Waals surface area contributed by atoms with E-state index in [1.54, 1.807) is 4.90 Å². The van der Waals surface area contributed by atoms with E-state index in [-0.39, 0.29) is 17.9 Å². The Kier molecular flexibility index (Phi) is 7.81. The predicted octanol–water partition coefficient (Wildman–Crippen LogP) is 2.57. The number of aryl methyl sites for hydroxylation is 1. The SMILES string of the molecule is CCC(=O)N1CCCN(C(C)C(=O)N(CCC#N)c2ccc(C)cc2)CC1. The first-order valence-electron chi connectivity index (χ1n) is 9.74. The molecule has 1 unspecified atom stereocenters. The van der Waals surface area contributed by atoms with Gasteiger partial charge in [-0.15, -0.1) is 0 Å². The lowest BCUT2D eigenvalue weighted by molar-refractivity contribution is -0.130. The molecule has 0 N–H and O–H groups in total. The fourth-order valence-electron chi connectivity index (χ4n) is 3.43. The Bertz CT molecular complexity index is 680. The highest BCUT2D eigenvalue weighted by Crippen LogP contribution is 2.19. The van der Waals surface area contributed by atoms with E-state index in [2.05, 4.69) is 11.0 Å². The highest BCUT2D eigenvalue weighted by Gasteiger charge is 2.29. The minimum atomic E-state index is -0.290. The summed E-state index contributed by atoms with van der Waals surface area (Å²) in [7, 11) is 0. The van der Waals surface area contributed by atoms with Crippen LogP contribution in [0.25, 0.3) is 0 Å². The molecular formula is C21H30N4O2. The van der Waals surface area contributed by atoms with Gasteiger partial charge in [0, 0.05) is 44.8 Å². The van der Waals surface area contributed by atoms with Gasteiger partial charge in [0.15, 0.2) is 0 Å². The third kappa shape index (κ3) is 5.54. The highest BCUT2D eigenvalue weighted by molar-refractivity contribution is 5.97. The van der Waals surface area contributed by atoms with Crippen molar-refractivity contribution >= 4 is 17.5 Å². The van der Waals surface area contributed by atoms with Gasteiger partial charge in [-0.3, -0.25) is 14.5 Å². The number of amides is 2. The molecule has 2 amide bonds. The van der Waals surface area contributed by atoms with Gasteiger partial charge in [0.05, 0.1) is 18.5 Å². The molecule has 1 fully saturated rings. The molecule has 0 radical (unpaired) electrons. The molecule has 0 aromatic heterocycles. The molecule has 1 aliphatic heterocycles. The zero-order chi connectivity index (χ0) is 19.8. The van der Waals surface area contributed by atoms with E-state index < -0.39 is 0 Å². The van der Waals surface area contributed by atoms with Crippen molar-refractivity contribution in [3.05, 3.63) is 29.8 Å². The van der Waals surface area contributed by atoms with Gasteiger partial charge in [0.1, 0.15) is 0 Å². The molecule has 1 saturated heterocycles. The summed E-state index contributed by atoms with van der Waals surface area (Å²) in [6.07, 6.45) is 1.68. The highest BCUT2D eigenvalue weighted by atomic mass is 16.2. The van der Waals surface area contributed by atoms with Crippen molar-refractivity contribution in [2.24, 2.45) is 0 Å². The van der Waals surface area contributed by atoms with Crippen LogP contribution in [0.15, 0.2) is 24.3 Å². The average molecular weight is 370 g/mol. The lowest BCUT2D eigenvalue weighted by atomic mass is 10.1. The molecule has 1 heterocycles. The average Bonchev–Trinajstić information content (AvgIpc) is 2.94. The fraction of sp³-hybridized carbons (Fsp3) is 0.571. The van der Waals surface area contributed by atoms with Crippen LogP contribution in [0, 0.1) is 18.3 Å². The van der Waals surface area contributed by atoms with Gasteiger partial charge in [-0.2, -0.15) is 5.26 Å². The predicted molar refractivity (Wildman–Crippen MR) is 106 cm³/mol. The van der Waals surface area contributed by atoms with Crippen molar-refractivity contribution in [1.82, 2.24) is 9.80 Å². The first-order valence-corrected chi connectivity index (χ1v) is 9.74. The Labute approximate surface area is 162 Å². The van der Waals surface area contributed by atoms with Crippen molar-refractivity contribution in [2.45, 2.75) is 46.1 Å². The largest absolute Gasteiger partial charge is 0.341 e. The van der Waals surface area contributed by atoms with Crippen LogP contribution in [-0.2, 0) is 9.59 Å². The zero-order valence-electron chi connectivity index (χ0n) is 16.6. The normalized spacial score (nSPS) is 16.3. The maximum absolute atomic E-state index is 13.2. The molecular weight excluding hydrogens is 340 g/mol. The maximum atomic E-state index is 13.2. The van der Waals surface area contributed by atoms with Gasteiger partial charge in [0.2, 0.25) is 11.8 Å². The van der Waals surface area contributed by atoms with Crippen LogP contribution in [0.2, 0.25) is 0 Å². The molecule has 0 saturated carbocycles. The standard InChI is InChI=1S/C21H30N4O2/c1-4-20(26)24-13-6-12-23(15-16-24)18(3)21(27)25(14-5-11-22)19-9-7-17(2)8-10-19/h7-10,18H,4-6,12-16H2,1-3H3. The number of hydrogen-bond donors (Lipinski definition) is 0. The summed E-state index contributed by atoms with van der Waals surface area (Å²) in [5.74, 6) is 0.176. The number of nitriles is 1. The molecule has 0 aliphatic carbocycles. The number of carbonyl (C=O) groups excluding carboxylic acids is 2. The molecule has 6 nitrogen and oxygen atoms in total. The molecule has 1 aliphatic rings. The van der Waals surface area contributed by atoms with E-state index in [0.29, 0.717) is 32.5 Å². The zero-order valence-corrected chi connectivity index (χ0v) is 16.6. The molecule has 1 atom stereocenters. The number of carbonyl (C=O) groups is 2. The summed E-state index contributed by atoms with van der Waals surface area (Å²) in [6.45, 7) is 9.09. The third-order valence-electron chi connectivity index (χ3n) is 5.15. The Morgan fingerprint density at radius 1 is 1.19 bits per heavy atom. The first-order chi connectivity index (χ1) is 13.0. The second-order valence-corrected chi connectivity index (χ2v) is 7.03. The lowest BCUT2D eigenvalue weighted by Gasteiger charge is -2.32. The quantitative estimate of drug-likeness (QED) is 0.772. The summed E-state index contributed by atoms with van der Waals surface area (Å²) < 4.78 is 0. The molecule has 0 spiro atoms. The van der Waals surface area contributed by atoms with Gasteiger partial charge >= 0.3 is 0 Å². The van der Waals surface area contributed by atoms with Crippen molar-refractivity contribution < 1.29 is 9.59 Å². The first kappa shape index (κ1) is 20.9. The van der Waals surface area contributed by atoms with Gasteiger partial charge < -0.3 is 9.80 Å². The minimum Gasteiger partial charge on any atom is -0.341 e. The Balaban J connectivity index is 2.10. The number of rotatable bonds is 6. The van der Waals surface area contributed by atoms with E-state index in [0.717, 1.165) is 30.8 Å². The Morgan fingerprint density at radius 3 is 2.52 bits per heavy atom. The van der Waals surface area contributed by atoms with E-state index in [1.807, 2.05) is 49.9 Å². The molecule has 146 valence electrons. The smallest absolute Gasteiger partial charge is 0.244 e. The van der Waals surface area contributed by atoms with Crippen LogP contribution in [-0.4, -0.2) is 60.4 Å². The van der Waals surface area contributed by atoms with Gasteiger partial charge in [-0.05, 0) is 32.4 Å². The number of anilines is 1. The van der Waals surface area contributed by atoms with Crippen LogP contribution in [0.1, 0.15) is 38.7 Å². The third-order valence-corrected chi connectivity index (χ3v) is 5.15. The molecule has 1 aromatic carbocycles. The van der Waals surface area contributed by atoms with Crippen molar-refractivity contribution in [3.63, 3.8) is 0 Å². The Morgan fingerprint density at radius 2 is 1.89 bits per heavy atom. The second kappa shape index (κ2) is 10.1. The topological polar surface area (TPSA) is 67.7 Å². The molecule has 1 aromatic rings. The van der Waals surface area contributed by atoms with Gasteiger partial charge in [-0.25, -0.2) is 0 Å². The van der Waals surface area contributed by atoms with Crippen LogP contribution < -0.4 is 4.90 Å². The number of hydrogen-bond acceptors (Lipinski definition) is 4. The second-order valence-electron chi connectivity index (χ2n) is 7.03. The van der Waals surface area contributed by atoms with Gasteiger partial charge in [0.25, 0.3) is 0 Å². The fourth-order valence-corrected chi connectivity index (χ4v) is 3.43. The number of benzene rings is 1. The molecule has 6 heteroatoms. The van der Waals surface area contributed by atoms with Crippen LogP contribution in [0.5, 0.6) is 0 Å². The van der Waals surface area contributed by atoms with Crippen LogP contribution in [0.3, 0.4) is 0 Å².